The predicted molar refractivity (Wildman–Crippen MR) is 127 cm³/mol. The molecule has 4 N–H and O–H groups in total. The molecule has 176 valence electrons. The summed E-state index contributed by atoms with van der Waals surface area (Å²) in [5.41, 5.74) is 7.91. The van der Waals surface area contributed by atoms with E-state index in [0.29, 0.717) is 59.0 Å². The lowest BCUT2D eigenvalue weighted by atomic mass is 10.1. The summed E-state index contributed by atoms with van der Waals surface area (Å²) in [5, 5.41) is 6.26. The highest BCUT2D eigenvalue weighted by Gasteiger charge is 2.23. The van der Waals surface area contributed by atoms with Crippen LogP contribution in [0.2, 0.25) is 0 Å². The van der Waals surface area contributed by atoms with Crippen LogP contribution in [0.4, 0.5) is 17.5 Å². The summed E-state index contributed by atoms with van der Waals surface area (Å²) in [4.78, 5) is 21.9. The summed E-state index contributed by atoms with van der Waals surface area (Å²) in [6.45, 7) is 0.895. The molecule has 33 heavy (non-hydrogen) atoms. The number of nitrogens with two attached hydrogens (primary N) is 1. The number of fused-ring (bicyclic) bond motifs is 1. The van der Waals surface area contributed by atoms with Gasteiger partial charge in [0.15, 0.2) is 17.1 Å². The highest BCUT2D eigenvalue weighted by molar-refractivity contribution is 5.93. The van der Waals surface area contributed by atoms with Crippen molar-refractivity contribution in [3.63, 3.8) is 0 Å². The van der Waals surface area contributed by atoms with Crippen molar-refractivity contribution in [2.24, 2.45) is 11.7 Å². The van der Waals surface area contributed by atoms with Gasteiger partial charge >= 0.3 is 0 Å². The largest absolute Gasteiger partial charge is 0.493 e. The van der Waals surface area contributed by atoms with Gasteiger partial charge in [-0.3, -0.25) is 9.36 Å². The number of ether oxygens (including phenoxy) is 3. The van der Waals surface area contributed by atoms with Crippen LogP contribution < -0.4 is 30.6 Å². The number of hydrogen-bond acceptors (Lipinski definition) is 8. The van der Waals surface area contributed by atoms with Gasteiger partial charge in [-0.1, -0.05) is 12.8 Å². The summed E-state index contributed by atoms with van der Waals surface area (Å²) in [6.07, 6.45) is 4.07. The zero-order valence-corrected chi connectivity index (χ0v) is 19.2. The number of rotatable bonds is 9. The number of anilines is 3. The molecule has 0 saturated heterocycles. The lowest BCUT2D eigenvalue weighted by molar-refractivity contribution is -0.119. The van der Waals surface area contributed by atoms with Crippen molar-refractivity contribution in [2.75, 3.05) is 38.5 Å². The molecule has 1 aromatic carbocycles. The quantitative estimate of drug-likeness (QED) is 0.450. The number of benzene rings is 1. The number of pyridine rings is 1. The third kappa shape index (κ3) is 4.65. The molecule has 2 aromatic heterocycles. The second-order valence-electron chi connectivity index (χ2n) is 7.92. The van der Waals surface area contributed by atoms with Crippen LogP contribution in [0.5, 0.6) is 17.2 Å². The Morgan fingerprint density at radius 2 is 1.79 bits per heavy atom. The molecule has 0 bridgehead atoms. The maximum Gasteiger partial charge on any atom is 0.228 e. The van der Waals surface area contributed by atoms with Gasteiger partial charge in [-0.15, -0.1) is 0 Å². The monoisotopic (exact) mass is 454 g/mol. The fourth-order valence-electron chi connectivity index (χ4n) is 4.21. The molecule has 1 fully saturated rings. The van der Waals surface area contributed by atoms with Crippen LogP contribution >= 0.6 is 0 Å². The van der Waals surface area contributed by atoms with Gasteiger partial charge in [-0.25, -0.2) is 9.97 Å². The molecular formula is C23H30N6O4. The molecule has 0 unspecified atom stereocenters. The first-order valence-corrected chi connectivity index (χ1v) is 11.0. The molecule has 1 saturated carbocycles. The van der Waals surface area contributed by atoms with Crippen molar-refractivity contribution in [3.05, 3.63) is 24.3 Å². The van der Waals surface area contributed by atoms with Gasteiger partial charge < -0.3 is 30.6 Å². The number of nitrogens with one attached hydrogen (secondary N) is 2. The molecule has 0 radical (unpaired) electrons. The lowest BCUT2D eigenvalue weighted by Gasteiger charge is -2.15. The first-order chi connectivity index (χ1) is 16.1. The van der Waals surface area contributed by atoms with Crippen molar-refractivity contribution < 1.29 is 19.0 Å². The van der Waals surface area contributed by atoms with Crippen LogP contribution in [0.25, 0.3) is 11.2 Å². The molecule has 10 nitrogen and oxygen atoms in total. The van der Waals surface area contributed by atoms with Gasteiger partial charge in [0.25, 0.3) is 0 Å². The van der Waals surface area contributed by atoms with Gasteiger partial charge in [0.05, 0.1) is 21.3 Å². The Balaban J connectivity index is 1.66. The third-order valence-electron chi connectivity index (χ3n) is 5.84. The van der Waals surface area contributed by atoms with E-state index in [1.165, 1.54) is 0 Å². The Bertz CT molecular complexity index is 1110. The predicted octanol–water partition coefficient (Wildman–Crippen LogP) is 3.29. The highest BCUT2D eigenvalue weighted by atomic mass is 16.5. The van der Waals surface area contributed by atoms with Crippen LogP contribution in [0, 0.1) is 5.92 Å². The van der Waals surface area contributed by atoms with Crippen molar-refractivity contribution in [3.8, 4) is 17.2 Å². The minimum atomic E-state index is 0.0278. The van der Waals surface area contributed by atoms with Crippen LogP contribution in [0.15, 0.2) is 24.3 Å². The van der Waals surface area contributed by atoms with Gasteiger partial charge in [-0.2, -0.15) is 0 Å². The fraction of sp³-hybridized carbons (Fsp3) is 0.435. The summed E-state index contributed by atoms with van der Waals surface area (Å²) < 4.78 is 18.2. The van der Waals surface area contributed by atoms with E-state index in [1.807, 2.05) is 10.6 Å². The van der Waals surface area contributed by atoms with Gasteiger partial charge in [-0.05, 0) is 25.0 Å². The molecule has 1 aliphatic rings. The molecule has 4 rings (SSSR count). The SMILES string of the molecule is COc1cc(Nc2nc3ccc(NC(=O)C4CCCC4)nc3n2CCN)cc(OC)c1OC. The molecule has 0 spiro atoms. The Morgan fingerprint density at radius 1 is 1.09 bits per heavy atom. The topological polar surface area (TPSA) is 126 Å². The van der Waals surface area contributed by atoms with Gasteiger partial charge in [0, 0.05) is 36.8 Å². The van der Waals surface area contributed by atoms with E-state index in [4.69, 9.17) is 19.9 Å². The molecule has 0 atom stereocenters. The summed E-state index contributed by atoms with van der Waals surface area (Å²) in [6, 6.07) is 7.22. The molecule has 10 heteroatoms. The number of hydrogen-bond donors (Lipinski definition) is 3. The smallest absolute Gasteiger partial charge is 0.228 e. The minimum Gasteiger partial charge on any atom is -0.493 e. The van der Waals surface area contributed by atoms with Crippen LogP contribution in [-0.4, -0.2) is 48.3 Å². The van der Waals surface area contributed by atoms with E-state index in [1.54, 1.807) is 39.5 Å². The number of carbonyl (C=O) groups is 1. The van der Waals surface area contributed by atoms with E-state index in [0.717, 1.165) is 25.7 Å². The van der Waals surface area contributed by atoms with Crippen molar-refractivity contribution in [1.29, 1.82) is 0 Å². The number of amides is 1. The maximum atomic E-state index is 12.5. The van der Waals surface area contributed by atoms with Crippen LogP contribution in [0.1, 0.15) is 25.7 Å². The number of imidazole rings is 1. The number of aromatic nitrogens is 3. The minimum absolute atomic E-state index is 0.0278. The van der Waals surface area contributed by atoms with E-state index in [9.17, 15) is 4.79 Å². The van der Waals surface area contributed by atoms with E-state index in [-0.39, 0.29) is 11.8 Å². The highest BCUT2D eigenvalue weighted by Crippen LogP contribution is 2.40. The van der Waals surface area contributed by atoms with Crippen molar-refractivity contribution >= 4 is 34.5 Å². The number of methoxy groups -OCH3 is 3. The second-order valence-corrected chi connectivity index (χ2v) is 7.92. The Labute approximate surface area is 192 Å². The molecule has 0 aliphatic heterocycles. The first-order valence-electron chi connectivity index (χ1n) is 11.0. The second kappa shape index (κ2) is 9.95. The van der Waals surface area contributed by atoms with Gasteiger partial charge in [0.1, 0.15) is 11.3 Å². The summed E-state index contributed by atoms with van der Waals surface area (Å²) in [5.74, 6) is 2.72. The van der Waals surface area contributed by atoms with Crippen LogP contribution in [-0.2, 0) is 11.3 Å². The van der Waals surface area contributed by atoms with E-state index >= 15 is 0 Å². The molecule has 1 amide bonds. The normalized spacial score (nSPS) is 13.8. The van der Waals surface area contributed by atoms with E-state index < -0.39 is 0 Å². The number of nitrogens with zero attached hydrogens (tertiary/aromatic N) is 3. The molecule has 1 aliphatic carbocycles. The fourth-order valence-corrected chi connectivity index (χ4v) is 4.21. The Kier molecular flexibility index (Phi) is 6.83. The number of carbonyl (C=O) groups excluding carboxylic acids is 1. The van der Waals surface area contributed by atoms with Crippen molar-refractivity contribution in [2.45, 2.75) is 32.2 Å². The first kappa shape index (κ1) is 22.7. The molecule has 3 aromatic rings. The zero-order chi connectivity index (χ0) is 23.4. The van der Waals surface area contributed by atoms with Crippen LogP contribution in [0.3, 0.4) is 0 Å². The maximum absolute atomic E-state index is 12.5. The standard InChI is InChI=1S/C23H30N6O4/c1-31-17-12-15(13-18(32-2)20(17)33-3)25-23-26-16-8-9-19(27-21(16)29(23)11-10-24)28-22(30)14-6-4-5-7-14/h8-9,12-14H,4-7,10-11,24H2,1-3H3,(H,25,26)(H,27,28,30). The Morgan fingerprint density at radius 3 is 2.39 bits per heavy atom. The molecular weight excluding hydrogens is 424 g/mol. The average Bonchev–Trinajstić information content (AvgIpc) is 3.48. The summed E-state index contributed by atoms with van der Waals surface area (Å²) >= 11 is 0. The van der Waals surface area contributed by atoms with Crippen molar-refractivity contribution in [1.82, 2.24) is 14.5 Å². The molecule has 2 heterocycles. The zero-order valence-electron chi connectivity index (χ0n) is 19.2. The van der Waals surface area contributed by atoms with Gasteiger partial charge in [0.2, 0.25) is 17.6 Å². The Hall–Kier alpha value is -3.53. The average molecular weight is 455 g/mol. The summed E-state index contributed by atoms with van der Waals surface area (Å²) in [7, 11) is 4.69. The lowest BCUT2D eigenvalue weighted by Crippen LogP contribution is -2.21. The van der Waals surface area contributed by atoms with E-state index in [2.05, 4.69) is 20.6 Å². The third-order valence-corrected chi connectivity index (χ3v) is 5.84.